The van der Waals surface area contributed by atoms with Crippen LogP contribution in [-0.2, 0) is 4.79 Å². The Bertz CT molecular complexity index is 313. The first kappa shape index (κ1) is 20.0. The lowest BCUT2D eigenvalue weighted by molar-refractivity contribution is -0.124. The maximum absolute atomic E-state index is 12.0. The first-order valence-corrected chi connectivity index (χ1v) is 7.34. The number of nitrogens with two attached hydrogens (primary N) is 1. The van der Waals surface area contributed by atoms with Crippen LogP contribution < -0.4 is 11.1 Å². The van der Waals surface area contributed by atoms with E-state index < -0.39 is 0 Å². The highest BCUT2D eigenvalue weighted by molar-refractivity contribution is 5.85. The maximum atomic E-state index is 12.0. The summed E-state index contributed by atoms with van der Waals surface area (Å²) in [5.41, 5.74) is 5.97. The number of amides is 1. The Kier molecular flexibility index (Phi) is 8.41. The van der Waals surface area contributed by atoms with Gasteiger partial charge in [-0.15, -0.1) is 24.8 Å². The van der Waals surface area contributed by atoms with Gasteiger partial charge in [-0.1, -0.05) is 20.3 Å². The molecule has 2 rings (SSSR count). The van der Waals surface area contributed by atoms with Crippen LogP contribution in [0.25, 0.3) is 0 Å². The quantitative estimate of drug-likeness (QED) is 0.812. The second kappa shape index (κ2) is 8.42. The van der Waals surface area contributed by atoms with Crippen molar-refractivity contribution in [1.82, 2.24) is 10.2 Å². The largest absolute Gasteiger partial charge is 0.351 e. The minimum Gasteiger partial charge on any atom is -0.351 e. The molecule has 2 aliphatic rings. The fourth-order valence-corrected chi connectivity index (χ4v) is 2.89. The summed E-state index contributed by atoms with van der Waals surface area (Å²) in [4.78, 5) is 14.6. The van der Waals surface area contributed by atoms with Crippen LogP contribution in [0.5, 0.6) is 0 Å². The van der Waals surface area contributed by atoms with Gasteiger partial charge in [0.25, 0.3) is 0 Å². The molecule has 4 unspecified atom stereocenters. The highest BCUT2D eigenvalue weighted by Gasteiger charge is 2.39. The Morgan fingerprint density at radius 1 is 1.40 bits per heavy atom. The Morgan fingerprint density at radius 2 is 2.00 bits per heavy atom. The normalized spacial score (nSPS) is 29.0. The van der Waals surface area contributed by atoms with E-state index in [1.54, 1.807) is 0 Å². The van der Waals surface area contributed by atoms with Gasteiger partial charge < -0.3 is 11.1 Å². The number of hydrogen-bond acceptors (Lipinski definition) is 3. The van der Waals surface area contributed by atoms with Gasteiger partial charge in [0.1, 0.15) is 0 Å². The molecule has 0 aromatic carbocycles. The van der Waals surface area contributed by atoms with Crippen molar-refractivity contribution in [3.63, 3.8) is 0 Å². The predicted molar refractivity (Wildman–Crippen MR) is 87.7 cm³/mol. The van der Waals surface area contributed by atoms with Gasteiger partial charge in [-0.3, -0.25) is 9.69 Å². The van der Waals surface area contributed by atoms with E-state index in [4.69, 9.17) is 5.73 Å². The summed E-state index contributed by atoms with van der Waals surface area (Å²) in [5, 5.41) is 3.13. The number of carbonyl (C=O) groups is 1. The SMILES string of the molecule is CCC(C)C(N)C(=O)NC1CC(C)N(C2CC2)C1.Cl.Cl. The van der Waals surface area contributed by atoms with Crippen molar-refractivity contribution in [2.45, 2.75) is 70.6 Å². The van der Waals surface area contributed by atoms with Crippen molar-refractivity contribution >= 4 is 30.7 Å². The van der Waals surface area contributed by atoms with E-state index in [0.717, 1.165) is 25.4 Å². The predicted octanol–water partition coefficient (Wildman–Crippen LogP) is 1.94. The van der Waals surface area contributed by atoms with Gasteiger partial charge in [-0.2, -0.15) is 0 Å². The van der Waals surface area contributed by atoms with Crippen LogP contribution in [0.15, 0.2) is 0 Å². The Balaban J connectivity index is 0.00000180. The molecule has 6 heteroatoms. The van der Waals surface area contributed by atoms with E-state index in [0.29, 0.717) is 12.1 Å². The van der Waals surface area contributed by atoms with Gasteiger partial charge in [0.15, 0.2) is 0 Å². The summed E-state index contributed by atoms with van der Waals surface area (Å²) in [6.07, 6.45) is 4.67. The summed E-state index contributed by atoms with van der Waals surface area (Å²) in [6, 6.07) is 1.32. The van der Waals surface area contributed by atoms with Crippen molar-refractivity contribution < 1.29 is 4.79 Å². The van der Waals surface area contributed by atoms with Gasteiger partial charge in [0.05, 0.1) is 6.04 Å². The van der Waals surface area contributed by atoms with Gasteiger partial charge in [-0.05, 0) is 32.1 Å². The van der Waals surface area contributed by atoms with E-state index >= 15 is 0 Å². The number of nitrogens with one attached hydrogen (secondary N) is 1. The second-order valence-electron chi connectivity index (χ2n) is 6.13. The van der Waals surface area contributed by atoms with E-state index in [1.165, 1.54) is 12.8 Å². The van der Waals surface area contributed by atoms with Crippen LogP contribution in [0.1, 0.15) is 46.5 Å². The molecular formula is C14H29Cl2N3O. The Morgan fingerprint density at radius 3 is 2.50 bits per heavy atom. The molecule has 1 aliphatic heterocycles. The minimum absolute atomic E-state index is 0. The molecule has 0 radical (unpaired) electrons. The molecule has 120 valence electrons. The molecule has 1 heterocycles. The van der Waals surface area contributed by atoms with Gasteiger partial charge in [0.2, 0.25) is 5.91 Å². The summed E-state index contributed by atoms with van der Waals surface area (Å²) < 4.78 is 0. The first-order valence-electron chi connectivity index (χ1n) is 7.34. The third kappa shape index (κ3) is 4.76. The molecule has 3 N–H and O–H groups in total. The highest BCUT2D eigenvalue weighted by atomic mass is 35.5. The monoisotopic (exact) mass is 325 g/mol. The summed E-state index contributed by atoms with van der Waals surface area (Å²) in [7, 11) is 0. The van der Waals surface area contributed by atoms with Crippen LogP contribution in [0, 0.1) is 5.92 Å². The molecule has 0 aromatic rings. The molecule has 1 aliphatic carbocycles. The molecule has 20 heavy (non-hydrogen) atoms. The van der Waals surface area contributed by atoms with E-state index in [-0.39, 0.29) is 42.7 Å². The molecule has 0 spiro atoms. The van der Waals surface area contributed by atoms with E-state index in [1.807, 2.05) is 6.92 Å². The average molecular weight is 326 g/mol. The molecule has 2 fully saturated rings. The third-order valence-electron chi connectivity index (χ3n) is 4.55. The lowest BCUT2D eigenvalue weighted by atomic mass is 9.99. The van der Waals surface area contributed by atoms with Crippen molar-refractivity contribution in [2.75, 3.05) is 6.54 Å². The summed E-state index contributed by atoms with van der Waals surface area (Å²) in [5.74, 6) is 0.280. The van der Waals surface area contributed by atoms with E-state index in [9.17, 15) is 4.79 Å². The zero-order valence-electron chi connectivity index (χ0n) is 12.7. The second-order valence-corrected chi connectivity index (χ2v) is 6.13. The van der Waals surface area contributed by atoms with Crippen molar-refractivity contribution in [2.24, 2.45) is 11.7 Å². The number of halogens is 2. The van der Waals surface area contributed by atoms with Crippen LogP contribution in [-0.4, -0.2) is 41.5 Å². The Labute approximate surface area is 135 Å². The molecular weight excluding hydrogens is 297 g/mol. The molecule has 1 saturated carbocycles. The molecule has 1 saturated heterocycles. The number of hydrogen-bond donors (Lipinski definition) is 2. The number of carbonyl (C=O) groups excluding carboxylic acids is 1. The number of nitrogens with zero attached hydrogens (tertiary/aromatic N) is 1. The van der Waals surface area contributed by atoms with Crippen molar-refractivity contribution in [1.29, 1.82) is 0 Å². The first-order chi connectivity index (χ1) is 8.52. The summed E-state index contributed by atoms with van der Waals surface area (Å²) in [6.45, 7) is 7.38. The van der Waals surface area contributed by atoms with Crippen molar-refractivity contribution in [3.05, 3.63) is 0 Å². The number of likely N-dealkylation sites (tertiary alicyclic amines) is 1. The molecule has 1 amide bonds. The lowest BCUT2D eigenvalue weighted by Crippen LogP contribution is -2.49. The zero-order valence-corrected chi connectivity index (χ0v) is 14.3. The summed E-state index contributed by atoms with van der Waals surface area (Å²) >= 11 is 0. The van der Waals surface area contributed by atoms with E-state index in [2.05, 4.69) is 24.1 Å². The molecule has 0 aromatic heterocycles. The molecule has 4 atom stereocenters. The smallest absolute Gasteiger partial charge is 0.237 e. The molecule has 4 nitrogen and oxygen atoms in total. The van der Waals surface area contributed by atoms with Gasteiger partial charge in [-0.25, -0.2) is 0 Å². The van der Waals surface area contributed by atoms with Gasteiger partial charge in [0, 0.05) is 24.7 Å². The molecule has 0 bridgehead atoms. The lowest BCUT2D eigenvalue weighted by Gasteiger charge is -2.21. The topological polar surface area (TPSA) is 58.4 Å². The minimum atomic E-state index is -0.361. The van der Waals surface area contributed by atoms with Crippen LogP contribution in [0.4, 0.5) is 0 Å². The highest BCUT2D eigenvalue weighted by Crippen LogP contribution is 2.33. The standard InChI is InChI=1S/C14H27N3O.2ClH/c1-4-9(2)13(15)14(18)16-11-7-10(3)17(8-11)12-5-6-12;;/h9-13H,4-8,15H2,1-3H3,(H,16,18);2*1H. The van der Waals surface area contributed by atoms with Crippen LogP contribution >= 0.6 is 24.8 Å². The average Bonchev–Trinajstić information content (AvgIpc) is 3.12. The number of rotatable bonds is 5. The third-order valence-corrected chi connectivity index (χ3v) is 4.55. The van der Waals surface area contributed by atoms with Gasteiger partial charge >= 0.3 is 0 Å². The van der Waals surface area contributed by atoms with Crippen molar-refractivity contribution in [3.8, 4) is 0 Å². The maximum Gasteiger partial charge on any atom is 0.237 e. The fourth-order valence-electron chi connectivity index (χ4n) is 2.89. The van der Waals surface area contributed by atoms with Crippen LogP contribution in [0.2, 0.25) is 0 Å². The fraction of sp³-hybridized carbons (Fsp3) is 0.929. The Hall–Kier alpha value is -0.0300. The van der Waals surface area contributed by atoms with Crippen LogP contribution in [0.3, 0.4) is 0 Å². The zero-order chi connectivity index (χ0) is 13.3.